The SMILES string of the molecule is C[C@@H](OC(=O)C(F)(F)F)[C@H](NCc1ccccc1)C(=O)OCC#CI. The molecule has 9 heteroatoms. The highest BCUT2D eigenvalue weighted by Gasteiger charge is 2.43. The third-order valence-corrected chi connectivity index (χ3v) is 3.35. The van der Waals surface area contributed by atoms with Crippen molar-refractivity contribution in [2.75, 3.05) is 6.61 Å². The molecule has 0 spiro atoms. The lowest BCUT2D eigenvalue weighted by atomic mass is 10.1. The first-order valence-electron chi connectivity index (χ1n) is 7.06. The van der Waals surface area contributed by atoms with Crippen molar-refractivity contribution in [1.82, 2.24) is 5.32 Å². The molecule has 0 heterocycles. The van der Waals surface area contributed by atoms with E-state index in [-0.39, 0.29) is 13.2 Å². The molecular weight excluding hydrogens is 454 g/mol. The molecule has 1 N–H and O–H groups in total. The number of carbonyl (C=O) groups excluding carboxylic acids is 2. The van der Waals surface area contributed by atoms with Gasteiger partial charge in [0.25, 0.3) is 0 Å². The summed E-state index contributed by atoms with van der Waals surface area (Å²) in [6.45, 7) is 1.13. The number of carbonyl (C=O) groups is 2. The number of alkyl halides is 3. The van der Waals surface area contributed by atoms with Crippen LogP contribution in [-0.2, 0) is 25.6 Å². The Hall–Kier alpha value is -1.80. The van der Waals surface area contributed by atoms with Gasteiger partial charge in [0.15, 0.2) is 6.61 Å². The number of hydrogen-bond donors (Lipinski definition) is 1. The van der Waals surface area contributed by atoms with Gasteiger partial charge in [-0.3, -0.25) is 10.1 Å². The monoisotopic (exact) mass is 469 g/mol. The molecule has 0 bridgehead atoms. The van der Waals surface area contributed by atoms with Crippen molar-refractivity contribution in [1.29, 1.82) is 0 Å². The van der Waals surface area contributed by atoms with E-state index in [0.29, 0.717) is 0 Å². The van der Waals surface area contributed by atoms with Gasteiger partial charge in [-0.25, -0.2) is 4.79 Å². The largest absolute Gasteiger partial charge is 0.490 e. The minimum Gasteiger partial charge on any atom is -0.454 e. The standard InChI is InChI=1S/C16H15F3INO4/c1-11(25-15(23)16(17,18)19)13(14(22)24-9-5-8-20)21-10-12-6-3-2-4-7-12/h2-4,6-7,11,13,21H,9-10H2,1H3/t11-,13+/m1/s1. The molecule has 0 aromatic heterocycles. The van der Waals surface area contributed by atoms with Crippen LogP contribution in [0.2, 0.25) is 0 Å². The number of nitrogens with one attached hydrogen (secondary N) is 1. The number of benzene rings is 1. The third-order valence-electron chi connectivity index (χ3n) is 2.97. The maximum atomic E-state index is 12.3. The smallest absolute Gasteiger partial charge is 0.454 e. The number of esters is 2. The molecule has 25 heavy (non-hydrogen) atoms. The Morgan fingerprint density at radius 3 is 2.48 bits per heavy atom. The molecule has 1 aromatic rings. The van der Waals surface area contributed by atoms with Crippen LogP contribution in [0.15, 0.2) is 30.3 Å². The molecule has 0 aliphatic carbocycles. The molecule has 0 fully saturated rings. The zero-order valence-corrected chi connectivity index (χ0v) is 15.3. The van der Waals surface area contributed by atoms with Crippen molar-refractivity contribution in [3.05, 3.63) is 35.9 Å². The Morgan fingerprint density at radius 2 is 1.92 bits per heavy atom. The zero-order valence-electron chi connectivity index (χ0n) is 13.1. The molecule has 1 aromatic carbocycles. The highest BCUT2D eigenvalue weighted by Crippen LogP contribution is 2.18. The summed E-state index contributed by atoms with van der Waals surface area (Å²) in [4.78, 5) is 23.1. The molecule has 136 valence electrons. The molecule has 0 saturated heterocycles. The molecule has 1 rings (SSSR count). The van der Waals surface area contributed by atoms with Crippen molar-refractivity contribution in [2.24, 2.45) is 0 Å². The Morgan fingerprint density at radius 1 is 1.28 bits per heavy atom. The van der Waals surface area contributed by atoms with E-state index < -0.39 is 30.3 Å². The van der Waals surface area contributed by atoms with E-state index in [1.165, 1.54) is 6.92 Å². The van der Waals surface area contributed by atoms with Crippen LogP contribution in [0.1, 0.15) is 12.5 Å². The van der Waals surface area contributed by atoms with Gasteiger partial charge >= 0.3 is 18.1 Å². The highest BCUT2D eigenvalue weighted by atomic mass is 127. The second kappa shape index (κ2) is 10.2. The lowest BCUT2D eigenvalue weighted by Crippen LogP contribution is -2.48. The van der Waals surface area contributed by atoms with Crippen LogP contribution in [-0.4, -0.2) is 36.9 Å². The van der Waals surface area contributed by atoms with Crippen molar-refractivity contribution in [3.63, 3.8) is 0 Å². The van der Waals surface area contributed by atoms with Crippen LogP contribution in [0.4, 0.5) is 13.2 Å². The summed E-state index contributed by atoms with van der Waals surface area (Å²) >= 11 is 1.75. The lowest BCUT2D eigenvalue weighted by molar-refractivity contribution is -0.206. The van der Waals surface area contributed by atoms with E-state index in [0.717, 1.165) is 5.56 Å². The van der Waals surface area contributed by atoms with E-state index >= 15 is 0 Å². The van der Waals surface area contributed by atoms with Gasteiger partial charge in [-0.2, -0.15) is 13.2 Å². The minimum absolute atomic E-state index is 0.173. The topological polar surface area (TPSA) is 64.6 Å². The molecule has 0 unspecified atom stereocenters. The molecule has 0 aliphatic heterocycles. The second-order valence-electron chi connectivity index (χ2n) is 4.83. The lowest BCUT2D eigenvalue weighted by Gasteiger charge is -2.24. The number of hydrogen-bond acceptors (Lipinski definition) is 5. The fraction of sp³-hybridized carbons (Fsp3) is 0.375. The molecule has 0 amide bonds. The normalized spacial score (nSPS) is 13.2. The molecule has 0 radical (unpaired) electrons. The average molecular weight is 469 g/mol. The summed E-state index contributed by atoms with van der Waals surface area (Å²) in [5.74, 6) is -0.743. The molecule has 5 nitrogen and oxygen atoms in total. The molecule has 0 saturated carbocycles. The van der Waals surface area contributed by atoms with Crippen LogP contribution in [0.25, 0.3) is 0 Å². The third kappa shape index (κ3) is 7.74. The maximum Gasteiger partial charge on any atom is 0.490 e. The molecule has 0 aliphatic rings. The van der Waals surface area contributed by atoms with E-state index in [4.69, 9.17) is 4.74 Å². The number of rotatable bonds is 7. The van der Waals surface area contributed by atoms with E-state index in [1.807, 2.05) is 0 Å². The zero-order chi connectivity index (χ0) is 18.9. The van der Waals surface area contributed by atoms with Crippen molar-refractivity contribution >= 4 is 34.5 Å². The predicted molar refractivity (Wildman–Crippen MR) is 91.4 cm³/mol. The summed E-state index contributed by atoms with van der Waals surface area (Å²) < 4.78 is 48.7. The molecule has 2 atom stereocenters. The van der Waals surface area contributed by atoms with Crippen molar-refractivity contribution in [2.45, 2.75) is 31.8 Å². The average Bonchev–Trinajstić information content (AvgIpc) is 2.55. The number of ether oxygens (including phenoxy) is 2. The summed E-state index contributed by atoms with van der Waals surface area (Å²) in [5, 5.41) is 2.75. The maximum absolute atomic E-state index is 12.3. The first-order valence-corrected chi connectivity index (χ1v) is 8.13. The Labute approximate surface area is 156 Å². The van der Waals surface area contributed by atoms with E-state index in [2.05, 4.69) is 19.9 Å². The fourth-order valence-corrected chi connectivity index (χ4v) is 1.95. The van der Waals surface area contributed by atoms with Gasteiger partial charge in [0.1, 0.15) is 12.1 Å². The van der Waals surface area contributed by atoms with Gasteiger partial charge in [0.05, 0.1) is 0 Å². The van der Waals surface area contributed by atoms with Crippen molar-refractivity contribution < 1.29 is 32.2 Å². The van der Waals surface area contributed by atoms with Gasteiger partial charge in [0.2, 0.25) is 0 Å². The quantitative estimate of drug-likeness (QED) is 0.378. The minimum atomic E-state index is -5.14. The fourth-order valence-electron chi connectivity index (χ4n) is 1.79. The van der Waals surface area contributed by atoms with Crippen LogP contribution in [0.5, 0.6) is 0 Å². The number of halogens is 4. The van der Waals surface area contributed by atoms with Gasteiger partial charge < -0.3 is 9.47 Å². The van der Waals surface area contributed by atoms with E-state index in [9.17, 15) is 22.8 Å². The van der Waals surface area contributed by atoms with Crippen LogP contribution >= 0.6 is 22.6 Å². The summed E-state index contributed by atoms with van der Waals surface area (Å²) in [5.41, 5.74) is 0.793. The van der Waals surface area contributed by atoms with Gasteiger partial charge in [-0.15, -0.1) is 0 Å². The van der Waals surface area contributed by atoms with Gasteiger partial charge in [0, 0.05) is 29.1 Å². The summed E-state index contributed by atoms with van der Waals surface area (Å²) in [7, 11) is 0. The first kappa shape index (κ1) is 21.2. The Kier molecular flexibility index (Phi) is 8.71. The van der Waals surface area contributed by atoms with Gasteiger partial charge in [-0.05, 0) is 16.4 Å². The summed E-state index contributed by atoms with van der Waals surface area (Å²) in [6, 6.07) is 7.60. The first-order chi connectivity index (χ1) is 11.8. The summed E-state index contributed by atoms with van der Waals surface area (Å²) in [6.07, 6.45) is -6.53. The molecular formula is C16H15F3INO4. The highest BCUT2D eigenvalue weighted by molar-refractivity contribution is 14.1. The predicted octanol–water partition coefficient (Wildman–Crippen LogP) is 2.58. The van der Waals surface area contributed by atoms with Crippen LogP contribution in [0, 0.1) is 9.85 Å². The van der Waals surface area contributed by atoms with Crippen molar-refractivity contribution in [3.8, 4) is 9.85 Å². The Bertz CT molecular complexity index is 640. The van der Waals surface area contributed by atoms with E-state index in [1.54, 1.807) is 52.9 Å². The Balaban J connectivity index is 2.79. The second-order valence-corrected chi connectivity index (χ2v) is 5.37. The van der Waals surface area contributed by atoms with Gasteiger partial charge in [-0.1, -0.05) is 36.3 Å². The van der Waals surface area contributed by atoms with Crippen LogP contribution < -0.4 is 5.32 Å². The van der Waals surface area contributed by atoms with Crippen LogP contribution in [0.3, 0.4) is 0 Å².